The van der Waals surface area contributed by atoms with E-state index in [4.69, 9.17) is 4.74 Å². The number of hydrogen-bond acceptors (Lipinski definition) is 3. The predicted octanol–water partition coefficient (Wildman–Crippen LogP) is 3.52. The second-order valence-electron chi connectivity index (χ2n) is 4.01. The fourth-order valence-corrected chi connectivity index (χ4v) is 2.71. The molecule has 0 aliphatic rings. The monoisotopic (exact) mass is 262 g/mol. The molecule has 0 saturated heterocycles. The molecule has 5 heteroatoms. The van der Waals surface area contributed by atoms with E-state index in [0.29, 0.717) is 0 Å². The van der Waals surface area contributed by atoms with Crippen molar-refractivity contribution in [3.63, 3.8) is 0 Å². The van der Waals surface area contributed by atoms with Gasteiger partial charge in [-0.3, -0.25) is 4.40 Å². The maximum atomic E-state index is 13.6. The zero-order valence-corrected chi connectivity index (χ0v) is 10.8. The summed E-state index contributed by atoms with van der Waals surface area (Å²) in [4.78, 5) is 5.39. The van der Waals surface area contributed by atoms with E-state index in [1.54, 1.807) is 17.4 Å². The van der Waals surface area contributed by atoms with Crippen molar-refractivity contribution in [1.29, 1.82) is 0 Å². The summed E-state index contributed by atoms with van der Waals surface area (Å²) < 4.78 is 20.5. The van der Waals surface area contributed by atoms with Gasteiger partial charge in [-0.05, 0) is 25.1 Å². The number of nitrogens with zero attached hydrogens (tertiary/aromatic N) is 2. The van der Waals surface area contributed by atoms with Gasteiger partial charge in [-0.25, -0.2) is 9.37 Å². The van der Waals surface area contributed by atoms with Gasteiger partial charge in [0, 0.05) is 22.8 Å². The number of thiazole rings is 1. The Morgan fingerprint density at radius 3 is 2.89 bits per heavy atom. The van der Waals surface area contributed by atoms with E-state index in [2.05, 4.69) is 4.98 Å². The number of benzene rings is 1. The molecule has 18 heavy (non-hydrogen) atoms. The molecule has 0 N–H and O–H groups in total. The number of fused-ring (bicyclic) bond motifs is 1. The average Bonchev–Trinajstić information content (AvgIpc) is 2.92. The van der Waals surface area contributed by atoms with E-state index in [-0.39, 0.29) is 11.6 Å². The first-order chi connectivity index (χ1) is 8.69. The molecule has 0 aliphatic heterocycles. The third kappa shape index (κ3) is 1.67. The second-order valence-corrected chi connectivity index (χ2v) is 4.84. The Morgan fingerprint density at radius 1 is 1.39 bits per heavy atom. The molecule has 0 bridgehead atoms. The van der Waals surface area contributed by atoms with E-state index in [0.717, 1.165) is 21.9 Å². The molecule has 2 heterocycles. The number of ether oxygens (including phenoxy) is 1. The highest BCUT2D eigenvalue weighted by Crippen LogP contribution is 2.27. The third-order valence-electron chi connectivity index (χ3n) is 2.84. The standard InChI is InChI=1S/C13H11FN2OS/c1-8-7-18-13-15-11(6-16(8)13)9-3-4-12(17-2)10(14)5-9/h3-7H,1-2H3. The molecule has 0 unspecified atom stereocenters. The predicted molar refractivity (Wildman–Crippen MR) is 69.8 cm³/mol. The lowest BCUT2D eigenvalue weighted by Crippen LogP contribution is -1.88. The molecule has 3 rings (SSSR count). The van der Waals surface area contributed by atoms with Gasteiger partial charge in [0.1, 0.15) is 0 Å². The molecule has 0 spiro atoms. The maximum Gasteiger partial charge on any atom is 0.194 e. The summed E-state index contributed by atoms with van der Waals surface area (Å²) >= 11 is 1.57. The first-order valence-corrected chi connectivity index (χ1v) is 6.34. The number of halogens is 1. The summed E-state index contributed by atoms with van der Waals surface area (Å²) in [6, 6.07) is 4.87. The normalized spacial score (nSPS) is 11.1. The van der Waals surface area contributed by atoms with Crippen molar-refractivity contribution in [2.45, 2.75) is 6.92 Å². The van der Waals surface area contributed by atoms with Crippen LogP contribution in [0, 0.1) is 12.7 Å². The Morgan fingerprint density at radius 2 is 2.22 bits per heavy atom. The summed E-state index contributed by atoms with van der Waals surface area (Å²) in [5.41, 5.74) is 2.65. The minimum atomic E-state index is -0.372. The molecule has 0 aliphatic carbocycles. The fourth-order valence-electron chi connectivity index (χ4n) is 1.86. The van der Waals surface area contributed by atoms with Crippen LogP contribution >= 0.6 is 11.3 Å². The summed E-state index contributed by atoms with van der Waals surface area (Å²) in [5.74, 6) is -0.126. The minimum absolute atomic E-state index is 0.246. The Labute approximate surface area is 107 Å². The lowest BCUT2D eigenvalue weighted by Gasteiger charge is -2.02. The topological polar surface area (TPSA) is 26.5 Å². The zero-order chi connectivity index (χ0) is 12.7. The van der Waals surface area contributed by atoms with E-state index in [1.165, 1.54) is 13.2 Å². The molecule has 0 amide bonds. The van der Waals surface area contributed by atoms with Crippen LogP contribution in [0.15, 0.2) is 29.8 Å². The van der Waals surface area contributed by atoms with Gasteiger partial charge in [-0.2, -0.15) is 0 Å². The van der Waals surface area contributed by atoms with Gasteiger partial charge in [-0.15, -0.1) is 11.3 Å². The van der Waals surface area contributed by atoms with Gasteiger partial charge in [0.25, 0.3) is 0 Å². The molecule has 0 radical (unpaired) electrons. The van der Waals surface area contributed by atoms with Crippen molar-refractivity contribution >= 4 is 16.3 Å². The van der Waals surface area contributed by atoms with Gasteiger partial charge in [0.2, 0.25) is 0 Å². The highest BCUT2D eigenvalue weighted by Gasteiger charge is 2.10. The van der Waals surface area contributed by atoms with Crippen molar-refractivity contribution in [2.24, 2.45) is 0 Å². The van der Waals surface area contributed by atoms with Gasteiger partial charge in [-0.1, -0.05) is 0 Å². The van der Waals surface area contributed by atoms with E-state index < -0.39 is 0 Å². The Hall–Kier alpha value is -1.88. The first-order valence-electron chi connectivity index (χ1n) is 5.46. The molecular weight excluding hydrogens is 251 g/mol. The molecule has 0 atom stereocenters. The van der Waals surface area contributed by atoms with E-state index in [1.807, 2.05) is 29.0 Å². The molecule has 3 aromatic rings. The van der Waals surface area contributed by atoms with Crippen molar-refractivity contribution in [2.75, 3.05) is 7.11 Å². The third-order valence-corrected chi connectivity index (χ3v) is 3.79. The van der Waals surface area contributed by atoms with Crippen LogP contribution in [0.1, 0.15) is 5.69 Å². The lowest BCUT2D eigenvalue weighted by molar-refractivity contribution is 0.386. The fraction of sp³-hybridized carbons (Fsp3) is 0.154. The highest BCUT2D eigenvalue weighted by atomic mass is 32.1. The van der Waals surface area contributed by atoms with E-state index in [9.17, 15) is 4.39 Å². The molecule has 1 aromatic carbocycles. The van der Waals surface area contributed by atoms with Gasteiger partial charge < -0.3 is 4.74 Å². The Balaban J connectivity index is 2.10. The van der Waals surface area contributed by atoms with Crippen LogP contribution in [0.3, 0.4) is 0 Å². The summed E-state index contributed by atoms with van der Waals surface area (Å²) in [5, 5.41) is 2.04. The first kappa shape index (κ1) is 11.2. The number of rotatable bonds is 2. The Bertz CT molecular complexity index is 717. The average molecular weight is 262 g/mol. The number of aryl methyl sites for hydroxylation is 1. The van der Waals surface area contributed by atoms with Crippen LogP contribution < -0.4 is 4.74 Å². The van der Waals surface area contributed by atoms with Crippen molar-refractivity contribution in [3.8, 4) is 17.0 Å². The molecule has 3 nitrogen and oxygen atoms in total. The molecule has 92 valence electrons. The number of imidazole rings is 1. The number of methoxy groups -OCH3 is 1. The molecule has 0 fully saturated rings. The van der Waals surface area contributed by atoms with Crippen LogP contribution in [-0.2, 0) is 0 Å². The quantitative estimate of drug-likeness (QED) is 0.706. The van der Waals surface area contributed by atoms with Gasteiger partial charge >= 0.3 is 0 Å². The largest absolute Gasteiger partial charge is 0.494 e. The van der Waals surface area contributed by atoms with Crippen LogP contribution in [0.5, 0.6) is 5.75 Å². The summed E-state index contributed by atoms with van der Waals surface area (Å²) in [7, 11) is 1.45. The van der Waals surface area contributed by atoms with Crippen molar-refractivity contribution < 1.29 is 9.13 Å². The van der Waals surface area contributed by atoms with Crippen LogP contribution in [-0.4, -0.2) is 16.5 Å². The maximum absolute atomic E-state index is 13.6. The molecular formula is C13H11FN2OS. The van der Waals surface area contributed by atoms with Gasteiger partial charge in [0.05, 0.1) is 12.8 Å². The molecule has 2 aromatic heterocycles. The number of aromatic nitrogens is 2. The summed E-state index contributed by atoms with van der Waals surface area (Å²) in [6.45, 7) is 2.02. The van der Waals surface area contributed by atoms with E-state index >= 15 is 0 Å². The second kappa shape index (κ2) is 4.10. The zero-order valence-electron chi connectivity index (χ0n) is 9.98. The van der Waals surface area contributed by atoms with Crippen LogP contribution in [0.2, 0.25) is 0 Å². The van der Waals surface area contributed by atoms with Crippen molar-refractivity contribution in [1.82, 2.24) is 9.38 Å². The van der Waals surface area contributed by atoms with Crippen molar-refractivity contribution in [3.05, 3.63) is 41.3 Å². The lowest BCUT2D eigenvalue weighted by atomic mass is 10.1. The smallest absolute Gasteiger partial charge is 0.194 e. The SMILES string of the molecule is COc1ccc(-c2cn3c(C)csc3n2)cc1F. The van der Waals surface area contributed by atoms with Crippen LogP contribution in [0.25, 0.3) is 16.2 Å². The minimum Gasteiger partial charge on any atom is -0.494 e. The van der Waals surface area contributed by atoms with Gasteiger partial charge in [0.15, 0.2) is 16.5 Å². The Kier molecular flexibility index (Phi) is 2.56. The summed E-state index contributed by atoms with van der Waals surface area (Å²) in [6.07, 6.45) is 1.92. The highest BCUT2D eigenvalue weighted by molar-refractivity contribution is 7.15. The molecule has 0 saturated carbocycles. The number of hydrogen-bond donors (Lipinski definition) is 0. The van der Waals surface area contributed by atoms with Crippen LogP contribution in [0.4, 0.5) is 4.39 Å².